The van der Waals surface area contributed by atoms with Gasteiger partial charge in [-0.2, -0.15) is 0 Å². The largest absolute Gasteiger partial charge is 0.335 e. The zero-order valence-corrected chi connectivity index (χ0v) is 10.6. The number of hydrogen-bond donors (Lipinski definition) is 0. The van der Waals surface area contributed by atoms with Gasteiger partial charge in [-0.15, -0.1) is 0 Å². The maximum absolute atomic E-state index is 12.1. The van der Waals surface area contributed by atoms with Crippen LogP contribution in [0.25, 0.3) is 0 Å². The van der Waals surface area contributed by atoms with E-state index in [1.54, 1.807) is 24.5 Å². The van der Waals surface area contributed by atoms with E-state index in [9.17, 15) is 4.79 Å². The number of rotatable bonds is 4. The van der Waals surface area contributed by atoms with E-state index in [0.717, 1.165) is 11.9 Å². The Hall–Kier alpha value is -0.900. The molecule has 1 aromatic rings. The van der Waals surface area contributed by atoms with Gasteiger partial charge in [0, 0.05) is 35.9 Å². The third kappa shape index (κ3) is 3.30. The Balaban J connectivity index is 2.81. The van der Waals surface area contributed by atoms with E-state index < -0.39 is 0 Å². The molecule has 0 aliphatic rings. The third-order valence-corrected chi connectivity index (χ3v) is 2.49. The van der Waals surface area contributed by atoms with Crippen molar-refractivity contribution in [3.05, 3.63) is 30.1 Å². The monoisotopic (exact) mass is 270 g/mol. The summed E-state index contributed by atoms with van der Waals surface area (Å²) in [7, 11) is 0. The Labute approximate surface area is 98.6 Å². The highest BCUT2D eigenvalue weighted by molar-refractivity contribution is 9.09. The molecule has 1 amide bonds. The van der Waals surface area contributed by atoms with E-state index in [1.807, 2.05) is 18.7 Å². The van der Waals surface area contributed by atoms with Crippen LogP contribution in [0.3, 0.4) is 0 Å². The summed E-state index contributed by atoms with van der Waals surface area (Å²) in [4.78, 5) is 17.8. The number of amides is 1. The summed E-state index contributed by atoms with van der Waals surface area (Å²) in [5, 5.41) is 0.794. The van der Waals surface area contributed by atoms with Gasteiger partial charge in [-0.1, -0.05) is 15.9 Å². The topological polar surface area (TPSA) is 33.2 Å². The van der Waals surface area contributed by atoms with Crippen LogP contribution in [-0.4, -0.2) is 33.7 Å². The zero-order chi connectivity index (χ0) is 11.3. The molecule has 0 saturated heterocycles. The van der Waals surface area contributed by atoms with E-state index in [0.29, 0.717) is 5.56 Å². The predicted molar refractivity (Wildman–Crippen MR) is 64.2 cm³/mol. The highest BCUT2D eigenvalue weighted by Gasteiger charge is 2.17. The number of pyridine rings is 1. The highest BCUT2D eigenvalue weighted by atomic mass is 79.9. The van der Waals surface area contributed by atoms with Crippen molar-refractivity contribution < 1.29 is 4.79 Å². The molecular formula is C11H15BrN2O. The average molecular weight is 271 g/mol. The van der Waals surface area contributed by atoms with Gasteiger partial charge < -0.3 is 4.90 Å². The number of hydrogen-bond acceptors (Lipinski definition) is 2. The molecular weight excluding hydrogens is 256 g/mol. The van der Waals surface area contributed by atoms with Gasteiger partial charge in [0.2, 0.25) is 0 Å². The molecule has 0 bridgehead atoms. The van der Waals surface area contributed by atoms with Gasteiger partial charge in [0.25, 0.3) is 5.91 Å². The minimum atomic E-state index is 0.0619. The summed E-state index contributed by atoms with van der Waals surface area (Å²) in [5.41, 5.74) is 0.694. The molecule has 0 aliphatic heterocycles. The number of carbonyl (C=O) groups excluding carboxylic acids is 1. The average Bonchev–Trinajstić information content (AvgIpc) is 2.26. The second-order valence-electron chi connectivity index (χ2n) is 3.52. The Morgan fingerprint density at radius 2 is 2.07 bits per heavy atom. The fraction of sp³-hybridized carbons (Fsp3) is 0.455. The summed E-state index contributed by atoms with van der Waals surface area (Å²) < 4.78 is 0. The molecule has 1 aromatic heterocycles. The van der Waals surface area contributed by atoms with E-state index in [4.69, 9.17) is 0 Å². The molecule has 1 rings (SSSR count). The lowest BCUT2D eigenvalue weighted by atomic mass is 10.2. The van der Waals surface area contributed by atoms with Crippen LogP contribution in [0.4, 0.5) is 0 Å². The third-order valence-electron chi connectivity index (χ3n) is 2.14. The van der Waals surface area contributed by atoms with Gasteiger partial charge in [0.05, 0.1) is 0 Å². The van der Waals surface area contributed by atoms with Crippen molar-refractivity contribution in [2.75, 3.05) is 11.9 Å². The zero-order valence-electron chi connectivity index (χ0n) is 8.98. The number of carbonyl (C=O) groups is 1. The molecule has 0 N–H and O–H groups in total. The normalized spacial score (nSPS) is 10.4. The highest BCUT2D eigenvalue weighted by Crippen LogP contribution is 2.07. The fourth-order valence-corrected chi connectivity index (χ4v) is 1.73. The summed E-state index contributed by atoms with van der Waals surface area (Å²) in [6.07, 6.45) is 3.28. The predicted octanol–water partition coefficient (Wildman–Crippen LogP) is 2.33. The minimum Gasteiger partial charge on any atom is -0.335 e. The van der Waals surface area contributed by atoms with Crippen LogP contribution in [0.15, 0.2) is 24.5 Å². The Kier molecular flexibility index (Phi) is 4.75. The quantitative estimate of drug-likeness (QED) is 0.787. The van der Waals surface area contributed by atoms with Crippen LogP contribution in [0.1, 0.15) is 24.2 Å². The molecule has 0 saturated carbocycles. The van der Waals surface area contributed by atoms with Crippen LogP contribution < -0.4 is 0 Å². The van der Waals surface area contributed by atoms with Gasteiger partial charge in [0.15, 0.2) is 0 Å². The first-order valence-electron chi connectivity index (χ1n) is 4.93. The smallest absolute Gasteiger partial charge is 0.254 e. The molecule has 4 heteroatoms. The van der Waals surface area contributed by atoms with Crippen molar-refractivity contribution >= 4 is 21.8 Å². The Bertz CT molecular complexity index is 314. The number of halogens is 1. The minimum absolute atomic E-state index is 0.0619. The van der Waals surface area contributed by atoms with Gasteiger partial charge >= 0.3 is 0 Å². The number of nitrogens with zero attached hydrogens (tertiary/aromatic N) is 2. The second-order valence-corrected chi connectivity index (χ2v) is 4.31. The number of aromatic nitrogens is 1. The van der Waals surface area contributed by atoms with E-state index in [1.165, 1.54) is 0 Å². The first-order valence-corrected chi connectivity index (χ1v) is 6.06. The molecule has 0 aliphatic carbocycles. The first kappa shape index (κ1) is 12.2. The summed E-state index contributed by atoms with van der Waals surface area (Å²) in [6.45, 7) is 4.75. The summed E-state index contributed by atoms with van der Waals surface area (Å²) in [5.74, 6) is 0.0619. The Morgan fingerprint density at radius 3 is 2.53 bits per heavy atom. The number of alkyl halides is 1. The van der Waals surface area contributed by atoms with Gasteiger partial charge in [-0.3, -0.25) is 9.78 Å². The van der Waals surface area contributed by atoms with Crippen LogP contribution in [0, 0.1) is 0 Å². The van der Waals surface area contributed by atoms with Gasteiger partial charge in [0.1, 0.15) is 0 Å². The standard InChI is InChI=1S/C11H15BrN2O/c1-9(2)14(8-5-12)11(15)10-3-6-13-7-4-10/h3-4,6-7,9H,5,8H2,1-2H3. The van der Waals surface area contributed by atoms with Crippen molar-refractivity contribution in [1.82, 2.24) is 9.88 Å². The van der Waals surface area contributed by atoms with Crippen LogP contribution in [-0.2, 0) is 0 Å². The van der Waals surface area contributed by atoms with Gasteiger partial charge in [-0.25, -0.2) is 0 Å². The van der Waals surface area contributed by atoms with Crippen molar-refractivity contribution in [2.45, 2.75) is 19.9 Å². The van der Waals surface area contributed by atoms with Crippen molar-refractivity contribution in [2.24, 2.45) is 0 Å². The van der Waals surface area contributed by atoms with Crippen molar-refractivity contribution in [1.29, 1.82) is 0 Å². The van der Waals surface area contributed by atoms with E-state index in [-0.39, 0.29) is 11.9 Å². The van der Waals surface area contributed by atoms with Crippen LogP contribution in [0.5, 0.6) is 0 Å². The fourth-order valence-electron chi connectivity index (χ4n) is 1.35. The molecule has 15 heavy (non-hydrogen) atoms. The molecule has 0 spiro atoms. The molecule has 3 nitrogen and oxygen atoms in total. The van der Waals surface area contributed by atoms with E-state index in [2.05, 4.69) is 20.9 Å². The maximum Gasteiger partial charge on any atom is 0.254 e. The Morgan fingerprint density at radius 1 is 1.47 bits per heavy atom. The lowest BCUT2D eigenvalue weighted by molar-refractivity contribution is 0.0719. The van der Waals surface area contributed by atoms with Crippen molar-refractivity contribution in [3.63, 3.8) is 0 Å². The molecule has 1 heterocycles. The molecule has 0 atom stereocenters. The molecule has 0 fully saturated rings. The van der Waals surface area contributed by atoms with Crippen molar-refractivity contribution in [3.8, 4) is 0 Å². The van der Waals surface area contributed by atoms with E-state index >= 15 is 0 Å². The lowest BCUT2D eigenvalue weighted by Gasteiger charge is -2.25. The first-order chi connectivity index (χ1) is 7.16. The second kappa shape index (κ2) is 5.85. The molecule has 0 radical (unpaired) electrons. The van der Waals surface area contributed by atoms with Crippen LogP contribution >= 0.6 is 15.9 Å². The molecule has 0 aromatic carbocycles. The van der Waals surface area contributed by atoms with Crippen LogP contribution in [0.2, 0.25) is 0 Å². The molecule has 0 unspecified atom stereocenters. The SMILES string of the molecule is CC(C)N(CCBr)C(=O)c1ccncc1. The lowest BCUT2D eigenvalue weighted by Crippen LogP contribution is -2.38. The van der Waals surface area contributed by atoms with Gasteiger partial charge in [-0.05, 0) is 26.0 Å². The molecule has 82 valence electrons. The maximum atomic E-state index is 12.1. The summed E-state index contributed by atoms with van der Waals surface area (Å²) >= 11 is 3.35. The summed E-state index contributed by atoms with van der Waals surface area (Å²) in [6, 6.07) is 3.70.